The van der Waals surface area contributed by atoms with Crippen LogP contribution in [0.1, 0.15) is 33.6 Å². The zero-order valence-electron chi connectivity index (χ0n) is 9.68. The Hall–Kier alpha value is -2.37. The molecule has 0 aromatic heterocycles. The second-order valence-corrected chi connectivity index (χ2v) is 3.68. The largest absolute Gasteiger partial charge is 0.478 e. The predicted octanol–water partition coefficient (Wildman–Crippen LogP) is 0.380. The number of carbonyl (C=O) groups is 3. The van der Waals surface area contributed by atoms with Gasteiger partial charge >= 0.3 is 5.97 Å². The first-order chi connectivity index (χ1) is 8.52. The highest BCUT2D eigenvalue weighted by Crippen LogP contribution is 2.08. The van der Waals surface area contributed by atoms with E-state index in [-0.39, 0.29) is 24.1 Å². The van der Waals surface area contributed by atoms with Crippen molar-refractivity contribution in [2.24, 2.45) is 5.73 Å². The van der Waals surface area contributed by atoms with Gasteiger partial charge in [0.2, 0.25) is 5.91 Å². The van der Waals surface area contributed by atoms with Gasteiger partial charge in [0.05, 0.1) is 11.1 Å². The Kier molecular flexibility index (Phi) is 4.86. The monoisotopic (exact) mass is 250 g/mol. The number of nitrogens with one attached hydrogen (secondary N) is 1. The van der Waals surface area contributed by atoms with Crippen LogP contribution in [0.15, 0.2) is 24.3 Å². The molecule has 1 rings (SSSR count). The van der Waals surface area contributed by atoms with E-state index >= 15 is 0 Å². The quantitative estimate of drug-likeness (QED) is 0.634. The molecule has 0 fully saturated rings. The van der Waals surface area contributed by atoms with Crippen LogP contribution >= 0.6 is 0 Å². The number of nitrogens with two attached hydrogens (primary N) is 1. The summed E-state index contributed by atoms with van der Waals surface area (Å²) < 4.78 is 0. The number of carboxylic acid groups (broad SMARTS) is 1. The normalized spacial score (nSPS) is 9.78. The zero-order chi connectivity index (χ0) is 13.5. The number of primary amides is 1. The fourth-order valence-corrected chi connectivity index (χ4v) is 1.43. The summed E-state index contributed by atoms with van der Waals surface area (Å²) in [6.07, 6.45) is 0.608. The van der Waals surface area contributed by atoms with E-state index in [2.05, 4.69) is 5.32 Å². The van der Waals surface area contributed by atoms with Gasteiger partial charge in [-0.25, -0.2) is 4.79 Å². The molecule has 0 spiro atoms. The third kappa shape index (κ3) is 3.89. The van der Waals surface area contributed by atoms with Gasteiger partial charge in [0.25, 0.3) is 5.91 Å². The standard InChI is InChI=1S/C12H14N2O4/c13-10(15)6-3-7-14-11(16)8-4-1-2-5-9(8)12(17)18/h1-2,4-5H,3,6-7H2,(H2,13,15)(H,14,16)(H,17,18). The van der Waals surface area contributed by atoms with Crippen molar-refractivity contribution in [3.8, 4) is 0 Å². The van der Waals surface area contributed by atoms with Crippen LogP contribution in [0.3, 0.4) is 0 Å². The molecule has 0 radical (unpaired) electrons. The van der Waals surface area contributed by atoms with Gasteiger partial charge in [-0.3, -0.25) is 9.59 Å². The molecule has 0 aliphatic heterocycles. The molecule has 0 unspecified atom stereocenters. The third-order valence-electron chi connectivity index (χ3n) is 2.29. The van der Waals surface area contributed by atoms with Crippen LogP contribution in [0, 0.1) is 0 Å². The number of amides is 2. The molecule has 0 aliphatic carbocycles. The SMILES string of the molecule is NC(=O)CCCNC(=O)c1ccccc1C(=O)O. The third-order valence-corrected chi connectivity index (χ3v) is 2.29. The molecule has 6 heteroatoms. The van der Waals surface area contributed by atoms with Crippen LogP contribution in [0.2, 0.25) is 0 Å². The van der Waals surface area contributed by atoms with Crippen molar-refractivity contribution in [2.45, 2.75) is 12.8 Å². The molecule has 0 bridgehead atoms. The lowest BCUT2D eigenvalue weighted by Crippen LogP contribution is -2.27. The number of carbonyl (C=O) groups excluding carboxylic acids is 2. The summed E-state index contributed by atoms with van der Waals surface area (Å²) in [5.41, 5.74) is 5.00. The van der Waals surface area contributed by atoms with Crippen molar-refractivity contribution in [3.63, 3.8) is 0 Å². The molecule has 1 aromatic rings. The van der Waals surface area contributed by atoms with Gasteiger partial charge in [0, 0.05) is 13.0 Å². The van der Waals surface area contributed by atoms with Gasteiger partial charge in [-0.15, -0.1) is 0 Å². The molecule has 0 saturated heterocycles. The van der Waals surface area contributed by atoms with Crippen LogP contribution in [0.25, 0.3) is 0 Å². The van der Waals surface area contributed by atoms with Crippen LogP contribution < -0.4 is 11.1 Å². The number of hydrogen-bond donors (Lipinski definition) is 3. The summed E-state index contributed by atoms with van der Waals surface area (Å²) in [6.45, 7) is 0.274. The number of rotatable bonds is 6. The van der Waals surface area contributed by atoms with Crippen molar-refractivity contribution in [3.05, 3.63) is 35.4 Å². The van der Waals surface area contributed by atoms with E-state index in [1.54, 1.807) is 12.1 Å². The molecule has 96 valence electrons. The van der Waals surface area contributed by atoms with Gasteiger partial charge < -0.3 is 16.2 Å². The van der Waals surface area contributed by atoms with Crippen molar-refractivity contribution in [1.29, 1.82) is 0 Å². The lowest BCUT2D eigenvalue weighted by atomic mass is 10.1. The molecule has 0 aliphatic rings. The maximum Gasteiger partial charge on any atom is 0.336 e. The highest BCUT2D eigenvalue weighted by molar-refractivity contribution is 6.04. The number of carboxylic acids is 1. The molecule has 0 saturated carbocycles. The molecule has 0 heterocycles. The smallest absolute Gasteiger partial charge is 0.336 e. The second-order valence-electron chi connectivity index (χ2n) is 3.68. The minimum atomic E-state index is -1.15. The molecule has 1 aromatic carbocycles. The minimum Gasteiger partial charge on any atom is -0.478 e. The predicted molar refractivity (Wildman–Crippen MR) is 64.2 cm³/mol. The summed E-state index contributed by atoms with van der Waals surface area (Å²) in [4.78, 5) is 33.1. The lowest BCUT2D eigenvalue weighted by molar-refractivity contribution is -0.118. The van der Waals surface area contributed by atoms with E-state index in [1.807, 2.05) is 0 Å². The van der Waals surface area contributed by atoms with E-state index in [4.69, 9.17) is 10.8 Å². The van der Waals surface area contributed by atoms with Gasteiger partial charge in [0.15, 0.2) is 0 Å². The Balaban J connectivity index is 2.61. The first-order valence-electron chi connectivity index (χ1n) is 5.41. The molecular weight excluding hydrogens is 236 g/mol. The second kappa shape index (κ2) is 6.39. The summed E-state index contributed by atoms with van der Waals surface area (Å²) in [5, 5.41) is 11.5. The highest BCUT2D eigenvalue weighted by atomic mass is 16.4. The molecule has 4 N–H and O–H groups in total. The summed E-state index contributed by atoms with van der Waals surface area (Å²) in [7, 11) is 0. The Bertz CT molecular complexity index is 471. The minimum absolute atomic E-state index is 0.0510. The average Bonchev–Trinajstić information content (AvgIpc) is 2.34. The van der Waals surface area contributed by atoms with Gasteiger partial charge in [0.1, 0.15) is 0 Å². The van der Waals surface area contributed by atoms with Crippen LogP contribution in [-0.4, -0.2) is 29.4 Å². The average molecular weight is 250 g/mol. The maximum atomic E-state index is 11.7. The van der Waals surface area contributed by atoms with Crippen molar-refractivity contribution >= 4 is 17.8 Å². The molecular formula is C12H14N2O4. The Morgan fingerprint density at radius 2 is 1.78 bits per heavy atom. The van der Waals surface area contributed by atoms with Crippen molar-refractivity contribution in [1.82, 2.24) is 5.32 Å². The topological polar surface area (TPSA) is 109 Å². The summed E-state index contributed by atoms with van der Waals surface area (Å²) in [5.74, 6) is -2.06. The number of aromatic carboxylic acids is 1. The van der Waals surface area contributed by atoms with Crippen LogP contribution in [0.5, 0.6) is 0 Å². The number of benzene rings is 1. The summed E-state index contributed by atoms with van der Waals surface area (Å²) >= 11 is 0. The number of hydrogen-bond acceptors (Lipinski definition) is 3. The van der Waals surface area contributed by atoms with Gasteiger partial charge in [-0.05, 0) is 18.6 Å². The fourth-order valence-electron chi connectivity index (χ4n) is 1.43. The maximum absolute atomic E-state index is 11.7. The molecule has 6 nitrogen and oxygen atoms in total. The highest BCUT2D eigenvalue weighted by Gasteiger charge is 2.14. The van der Waals surface area contributed by atoms with E-state index in [1.165, 1.54) is 12.1 Å². The fraction of sp³-hybridized carbons (Fsp3) is 0.250. The van der Waals surface area contributed by atoms with E-state index < -0.39 is 17.8 Å². The van der Waals surface area contributed by atoms with E-state index in [0.29, 0.717) is 6.42 Å². The first kappa shape index (κ1) is 13.7. The Morgan fingerprint density at radius 1 is 1.17 bits per heavy atom. The summed E-state index contributed by atoms with van der Waals surface area (Å²) in [6, 6.07) is 5.94. The van der Waals surface area contributed by atoms with Gasteiger partial charge in [-0.1, -0.05) is 12.1 Å². The van der Waals surface area contributed by atoms with Crippen molar-refractivity contribution in [2.75, 3.05) is 6.54 Å². The van der Waals surface area contributed by atoms with Gasteiger partial charge in [-0.2, -0.15) is 0 Å². The van der Waals surface area contributed by atoms with E-state index in [9.17, 15) is 14.4 Å². The first-order valence-corrected chi connectivity index (χ1v) is 5.41. The van der Waals surface area contributed by atoms with Crippen LogP contribution in [0.4, 0.5) is 0 Å². The molecule has 0 atom stereocenters. The lowest BCUT2D eigenvalue weighted by Gasteiger charge is -2.06. The molecule has 2 amide bonds. The molecule has 18 heavy (non-hydrogen) atoms. The Morgan fingerprint density at radius 3 is 2.33 bits per heavy atom. The zero-order valence-corrected chi connectivity index (χ0v) is 9.68. The van der Waals surface area contributed by atoms with Crippen molar-refractivity contribution < 1.29 is 19.5 Å². The van der Waals surface area contributed by atoms with E-state index in [0.717, 1.165) is 0 Å². The van der Waals surface area contributed by atoms with Crippen LogP contribution in [-0.2, 0) is 4.79 Å². The Labute approximate surface area is 104 Å².